The number of ether oxygens (including phenoxy) is 1. The fourth-order valence-corrected chi connectivity index (χ4v) is 4.43. The number of likely N-dealkylation sites (tertiary alicyclic amines) is 1. The molecule has 30 heavy (non-hydrogen) atoms. The maximum Gasteiger partial charge on any atom is 0.262 e. The number of rotatable bonds is 5. The zero-order valence-electron chi connectivity index (χ0n) is 17.5. The zero-order valence-corrected chi connectivity index (χ0v) is 17.5. The Morgan fingerprint density at radius 1 is 0.867 bits per heavy atom. The van der Waals surface area contributed by atoms with E-state index in [-0.39, 0.29) is 18.4 Å². The molecule has 0 bridgehead atoms. The van der Waals surface area contributed by atoms with E-state index in [9.17, 15) is 9.59 Å². The summed E-state index contributed by atoms with van der Waals surface area (Å²) in [5.41, 5.74) is 3.65. The summed E-state index contributed by atoms with van der Waals surface area (Å²) in [6.07, 6.45) is 8.85. The molecule has 0 unspecified atom stereocenters. The van der Waals surface area contributed by atoms with Gasteiger partial charge in [0.2, 0.25) is 0 Å². The van der Waals surface area contributed by atoms with Crippen LogP contribution in [0.2, 0.25) is 0 Å². The first-order valence-electron chi connectivity index (χ1n) is 11.1. The summed E-state index contributed by atoms with van der Waals surface area (Å²) in [5.74, 6) is 0.543. The van der Waals surface area contributed by atoms with Gasteiger partial charge in [0, 0.05) is 13.1 Å². The number of hydrogen-bond acceptors (Lipinski definition) is 3. The highest BCUT2D eigenvalue weighted by atomic mass is 16.5. The summed E-state index contributed by atoms with van der Waals surface area (Å²) >= 11 is 0. The van der Waals surface area contributed by atoms with Crippen molar-refractivity contribution in [2.75, 3.05) is 25.0 Å². The van der Waals surface area contributed by atoms with Crippen molar-refractivity contribution in [2.45, 2.75) is 51.4 Å². The average Bonchev–Trinajstić information content (AvgIpc) is 3.07. The van der Waals surface area contributed by atoms with E-state index in [1.165, 1.54) is 30.4 Å². The SMILES string of the molecule is O=C(COc1cccc2c1CCCC2)Nc1ccccc1C(=O)N1CCCCCC1. The molecule has 158 valence electrons. The Kier molecular flexibility index (Phi) is 6.67. The Morgan fingerprint density at radius 3 is 2.47 bits per heavy atom. The monoisotopic (exact) mass is 406 g/mol. The Labute approximate surface area is 178 Å². The number of para-hydroxylation sites is 1. The van der Waals surface area contributed by atoms with E-state index in [1.54, 1.807) is 12.1 Å². The van der Waals surface area contributed by atoms with E-state index in [0.29, 0.717) is 11.3 Å². The highest BCUT2D eigenvalue weighted by molar-refractivity contribution is 6.04. The van der Waals surface area contributed by atoms with Gasteiger partial charge in [-0.05, 0) is 67.9 Å². The third-order valence-corrected chi connectivity index (χ3v) is 6.04. The summed E-state index contributed by atoms with van der Waals surface area (Å²) < 4.78 is 5.86. The standard InChI is InChI=1S/C25H30N2O3/c28-24(18-30-23-15-9-11-19-10-3-4-12-20(19)23)26-22-14-6-5-13-21(22)25(29)27-16-7-1-2-8-17-27/h5-6,9,11,13-15H,1-4,7-8,10,12,16-18H2,(H,26,28). The summed E-state index contributed by atoms with van der Waals surface area (Å²) in [7, 11) is 0. The average molecular weight is 407 g/mol. The molecule has 1 heterocycles. The number of benzene rings is 2. The van der Waals surface area contributed by atoms with Gasteiger partial charge in [-0.2, -0.15) is 0 Å². The number of anilines is 1. The molecule has 2 aromatic rings. The van der Waals surface area contributed by atoms with Gasteiger partial charge in [-0.1, -0.05) is 37.1 Å². The van der Waals surface area contributed by atoms with Crippen LogP contribution in [0, 0.1) is 0 Å². The first-order chi connectivity index (χ1) is 14.7. The zero-order chi connectivity index (χ0) is 20.8. The number of nitrogens with one attached hydrogen (secondary N) is 1. The van der Waals surface area contributed by atoms with Crippen molar-refractivity contribution in [1.82, 2.24) is 4.90 Å². The molecule has 0 saturated carbocycles. The van der Waals surface area contributed by atoms with Crippen molar-refractivity contribution >= 4 is 17.5 Å². The first kappa shape index (κ1) is 20.5. The van der Waals surface area contributed by atoms with E-state index >= 15 is 0 Å². The summed E-state index contributed by atoms with van der Waals surface area (Å²) in [6.45, 7) is 1.50. The van der Waals surface area contributed by atoms with Crippen LogP contribution >= 0.6 is 0 Å². The van der Waals surface area contributed by atoms with Gasteiger partial charge in [0.25, 0.3) is 11.8 Å². The molecule has 0 spiro atoms. The van der Waals surface area contributed by atoms with Crippen molar-refractivity contribution in [2.24, 2.45) is 0 Å². The fourth-order valence-electron chi connectivity index (χ4n) is 4.43. The lowest BCUT2D eigenvalue weighted by molar-refractivity contribution is -0.118. The smallest absolute Gasteiger partial charge is 0.262 e. The number of fused-ring (bicyclic) bond motifs is 1. The van der Waals surface area contributed by atoms with Crippen molar-refractivity contribution in [3.8, 4) is 5.75 Å². The molecular formula is C25H30N2O3. The molecule has 0 radical (unpaired) electrons. The molecule has 5 nitrogen and oxygen atoms in total. The Balaban J connectivity index is 1.41. The lowest BCUT2D eigenvalue weighted by Crippen LogP contribution is -2.33. The van der Waals surface area contributed by atoms with Gasteiger partial charge in [-0.3, -0.25) is 9.59 Å². The molecule has 1 fully saturated rings. The van der Waals surface area contributed by atoms with Crippen molar-refractivity contribution in [1.29, 1.82) is 0 Å². The summed E-state index contributed by atoms with van der Waals surface area (Å²) in [4.78, 5) is 27.5. The van der Waals surface area contributed by atoms with Crippen LogP contribution in [-0.4, -0.2) is 36.4 Å². The van der Waals surface area contributed by atoms with Gasteiger partial charge in [-0.25, -0.2) is 0 Å². The highest BCUT2D eigenvalue weighted by Gasteiger charge is 2.21. The van der Waals surface area contributed by atoms with Crippen molar-refractivity contribution < 1.29 is 14.3 Å². The molecule has 2 amide bonds. The topological polar surface area (TPSA) is 58.6 Å². The first-order valence-corrected chi connectivity index (χ1v) is 11.1. The van der Waals surface area contributed by atoms with E-state index in [4.69, 9.17) is 4.74 Å². The molecule has 0 atom stereocenters. The summed E-state index contributed by atoms with van der Waals surface area (Å²) in [6, 6.07) is 13.3. The van der Waals surface area contributed by atoms with E-state index in [1.807, 2.05) is 29.2 Å². The van der Waals surface area contributed by atoms with E-state index < -0.39 is 0 Å². The predicted octanol–water partition coefficient (Wildman–Crippen LogP) is 4.60. The number of carbonyl (C=O) groups is 2. The number of hydrogen-bond donors (Lipinski definition) is 1. The lowest BCUT2D eigenvalue weighted by Gasteiger charge is -2.22. The van der Waals surface area contributed by atoms with Crippen LogP contribution in [0.4, 0.5) is 5.69 Å². The van der Waals surface area contributed by atoms with Crippen LogP contribution < -0.4 is 10.1 Å². The van der Waals surface area contributed by atoms with Gasteiger partial charge in [0.15, 0.2) is 6.61 Å². The minimum atomic E-state index is -0.250. The maximum absolute atomic E-state index is 13.0. The van der Waals surface area contributed by atoms with Gasteiger partial charge < -0.3 is 15.0 Å². The Bertz CT molecular complexity index is 901. The maximum atomic E-state index is 13.0. The minimum Gasteiger partial charge on any atom is -0.483 e. The van der Waals surface area contributed by atoms with Crippen LogP contribution in [0.3, 0.4) is 0 Å². The quantitative estimate of drug-likeness (QED) is 0.790. The largest absolute Gasteiger partial charge is 0.483 e. The van der Waals surface area contributed by atoms with Gasteiger partial charge in [-0.15, -0.1) is 0 Å². The van der Waals surface area contributed by atoms with Gasteiger partial charge in [0.1, 0.15) is 5.75 Å². The second-order valence-electron chi connectivity index (χ2n) is 8.19. The van der Waals surface area contributed by atoms with Gasteiger partial charge >= 0.3 is 0 Å². The van der Waals surface area contributed by atoms with Crippen molar-refractivity contribution in [3.05, 3.63) is 59.2 Å². The second-order valence-corrected chi connectivity index (χ2v) is 8.19. The second kappa shape index (κ2) is 9.79. The van der Waals surface area contributed by atoms with Crippen LogP contribution in [0.1, 0.15) is 60.0 Å². The van der Waals surface area contributed by atoms with E-state index in [2.05, 4.69) is 11.4 Å². The number of aryl methyl sites for hydroxylation is 1. The normalized spacial score (nSPS) is 16.3. The predicted molar refractivity (Wildman–Crippen MR) is 118 cm³/mol. The third kappa shape index (κ3) is 4.84. The molecule has 1 N–H and O–H groups in total. The molecule has 0 aromatic heterocycles. The van der Waals surface area contributed by atoms with Gasteiger partial charge in [0.05, 0.1) is 11.3 Å². The molecule has 2 aliphatic rings. The van der Waals surface area contributed by atoms with Crippen LogP contribution in [0.15, 0.2) is 42.5 Å². The molecule has 1 aliphatic heterocycles. The molecule has 1 saturated heterocycles. The number of carbonyl (C=O) groups excluding carboxylic acids is 2. The van der Waals surface area contributed by atoms with Crippen LogP contribution in [0.25, 0.3) is 0 Å². The number of amides is 2. The molecule has 2 aromatic carbocycles. The molecular weight excluding hydrogens is 376 g/mol. The highest BCUT2D eigenvalue weighted by Crippen LogP contribution is 2.29. The van der Waals surface area contributed by atoms with Crippen molar-refractivity contribution in [3.63, 3.8) is 0 Å². The molecule has 1 aliphatic carbocycles. The molecule has 4 rings (SSSR count). The minimum absolute atomic E-state index is 0.00847. The third-order valence-electron chi connectivity index (χ3n) is 6.04. The Morgan fingerprint density at radius 2 is 1.63 bits per heavy atom. The number of nitrogens with zero attached hydrogens (tertiary/aromatic N) is 1. The summed E-state index contributed by atoms with van der Waals surface area (Å²) in [5, 5.41) is 2.89. The lowest BCUT2D eigenvalue weighted by atomic mass is 9.91. The molecule has 5 heteroatoms. The Hall–Kier alpha value is -2.82. The van der Waals surface area contributed by atoms with E-state index in [0.717, 1.165) is 50.9 Å². The van der Waals surface area contributed by atoms with Crippen LogP contribution in [-0.2, 0) is 17.6 Å². The fraction of sp³-hybridized carbons (Fsp3) is 0.440. The van der Waals surface area contributed by atoms with Crippen LogP contribution in [0.5, 0.6) is 5.75 Å².